The minimum Gasteiger partial charge on any atom is -0.399 e. The first kappa shape index (κ1) is 11.3. The van der Waals surface area contributed by atoms with E-state index in [0.29, 0.717) is 0 Å². The Hall–Kier alpha value is -1.84. The van der Waals surface area contributed by atoms with Crippen LogP contribution in [0.25, 0.3) is 0 Å². The van der Waals surface area contributed by atoms with Crippen LogP contribution in [0.15, 0.2) is 24.3 Å². The molecule has 2 aromatic rings. The Balaban J connectivity index is 1.87. The van der Waals surface area contributed by atoms with Crippen LogP contribution in [0.3, 0.4) is 0 Å². The number of hydrogen-bond acceptors (Lipinski definition) is 3. The first-order valence-corrected chi connectivity index (χ1v) is 6.58. The van der Waals surface area contributed by atoms with Crippen LogP contribution in [-0.4, -0.2) is 14.8 Å². The number of rotatable bonds is 2. The lowest BCUT2D eigenvalue weighted by molar-refractivity contribution is 0.611. The van der Waals surface area contributed by atoms with Crippen molar-refractivity contribution in [3.63, 3.8) is 0 Å². The predicted octanol–water partition coefficient (Wildman–Crippen LogP) is 2.18. The molecule has 0 saturated heterocycles. The van der Waals surface area contributed by atoms with Gasteiger partial charge in [0.1, 0.15) is 11.6 Å². The second kappa shape index (κ2) is 4.80. The van der Waals surface area contributed by atoms with E-state index in [2.05, 4.69) is 20.8 Å². The number of aromatic nitrogens is 3. The van der Waals surface area contributed by atoms with Crippen molar-refractivity contribution in [2.75, 3.05) is 5.73 Å². The highest BCUT2D eigenvalue weighted by Gasteiger charge is 2.14. The van der Waals surface area contributed by atoms with Gasteiger partial charge in [-0.15, -0.1) is 10.2 Å². The lowest BCUT2D eigenvalue weighted by Crippen LogP contribution is -2.06. The predicted molar refractivity (Wildman–Crippen MR) is 71.2 cm³/mol. The summed E-state index contributed by atoms with van der Waals surface area (Å²) in [5.41, 5.74) is 7.82. The van der Waals surface area contributed by atoms with Crippen molar-refractivity contribution in [3.05, 3.63) is 41.5 Å². The van der Waals surface area contributed by atoms with Crippen LogP contribution in [0, 0.1) is 0 Å². The average molecular weight is 242 g/mol. The fraction of sp³-hybridized carbons (Fsp3) is 0.429. The molecule has 0 amide bonds. The van der Waals surface area contributed by atoms with Gasteiger partial charge in [0, 0.05) is 25.1 Å². The van der Waals surface area contributed by atoms with Crippen molar-refractivity contribution in [2.45, 2.75) is 38.6 Å². The van der Waals surface area contributed by atoms with Crippen molar-refractivity contribution >= 4 is 5.69 Å². The number of nitrogen functional groups attached to an aromatic ring is 1. The minimum atomic E-state index is 0.808. The molecule has 0 fully saturated rings. The minimum absolute atomic E-state index is 0.808. The van der Waals surface area contributed by atoms with E-state index < -0.39 is 0 Å². The summed E-state index contributed by atoms with van der Waals surface area (Å²) in [5, 5.41) is 8.65. The molecule has 2 N–H and O–H groups in total. The molecule has 0 unspecified atom stereocenters. The second-order valence-electron chi connectivity index (χ2n) is 4.92. The largest absolute Gasteiger partial charge is 0.399 e. The van der Waals surface area contributed by atoms with E-state index in [1.54, 1.807) is 0 Å². The summed E-state index contributed by atoms with van der Waals surface area (Å²) in [5.74, 6) is 2.21. The van der Waals surface area contributed by atoms with E-state index in [1.165, 1.54) is 24.8 Å². The molecule has 0 saturated carbocycles. The SMILES string of the molecule is Nc1cccc(Cc2nnc3n2CCCCC3)c1. The number of anilines is 1. The topological polar surface area (TPSA) is 56.7 Å². The van der Waals surface area contributed by atoms with Gasteiger partial charge in [0.25, 0.3) is 0 Å². The van der Waals surface area contributed by atoms with E-state index in [4.69, 9.17) is 5.73 Å². The summed E-state index contributed by atoms with van der Waals surface area (Å²) >= 11 is 0. The standard InChI is InChI=1S/C14H18N4/c15-12-6-4-5-11(9-12)10-14-17-16-13-7-2-1-3-8-18(13)14/h4-6,9H,1-3,7-8,10,15H2. The molecule has 1 aliphatic rings. The first-order chi connectivity index (χ1) is 8.83. The third kappa shape index (κ3) is 2.23. The average Bonchev–Trinajstić information content (AvgIpc) is 2.60. The monoisotopic (exact) mass is 242 g/mol. The third-order valence-electron chi connectivity index (χ3n) is 3.50. The zero-order valence-electron chi connectivity index (χ0n) is 10.5. The molecule has 3 rings (SSSR count). The molecule has 1 aromatic heterocycles. The van der Waals surface area contributed by atoms with E-state index >= 15 is 0 Å². The van der Waals surface area contributed by atoms with Gasteiger partial charge in [0.15, 0.2) is 0 Å². The Bertz CT molecular complexity index is 544. The summed E-state index contributed by atoms with van der Waals surface area (Å²) in [6, 6.07) is 8.01. The van der Waals surface area contributed by atoms with Crippen molar-refractivity contribution < 1.29 is 0 Å². The molecule has 0 atom stereocenters. The molecule has 1 aliphatic heterocycles. The van der Waals surface area contributed by atoms with Crippen LogP contribution in [0.4, 0.5) is 5.69 Å². The van der Waals surface area contributed by atoms with Gasteiger partial charge < -0.3 is 10.3 Å². The van der Waals surface area contributed by atoms with Crippen LogP contribution < -0.4 is 5.73 Å². The molecule has 2 heterocycles. The van der Waals surface area contributed by atoms with E-state index in [-0.39, 0.29) is 0 Å². The van der Waals surface area contributed by atoms with E-state index in [0.717, 1.165) is 36.7 Å². The molecule has 0 radical (unpaired) electrons. The van der Waals surface area contributed by atoms with Crippen molar-refractivity contribution in [1.29, 1.82) is 0 Å². The molecule has 0 spiro atoms. The Kier molecular flexibility index (Phi) is 3.00. The molecule has 1 aromatic carbocycles. The highest BCUT2D eigenvalue weighted by Crippen LogP contribution is 2.17. The van der Waals surface area contributed by atoms with Crippen molar-refractivity contribution in [1.82, 2.24) is 14.8 Å². The summed E-state index contributed by atoms with van der Waals surface area (Å²) in [4.78, 5) is 0. The van der Waals surface area contributed by atoms with Crippen LogP contribution in [-0.2, 0) is 19.4 Å². The zero-order chi connectivity index (χ0) is 12.4. The molecule has 4 nitrogen and oxygen atoms in total. The van der Waals surface area contributed by atoms with Crippen LogP contribution in [0.5, 0.6) is 0 Å². The maximum Gasteiger partial charge on any atom is 0.137 e. The van der Waals surface area contributed by atoms with Gasteiger partial charge in [-0.1, -0.05) is 18.6 Å². The number of benzene rings is 1. The molecule has 0 aliphatic carbocycles. The normalized spacial score (nSPS) is 15.1. The zero-order valence-corrected chi connectivity index (χ0v) is 10.5. The second-order valence-corrected chi connectivity index (χ2v) is 4.92. The van der Waals surface area contributed by atoms with E-state index in [1.807, 2.05) is 18.2 Å². The Morgan fingerprint density at radius 3 is 3.00 bits per heavy atom. The van der Waals surface area contributed by atoms with Gasteiger partial charge in [-0.3, -0.25) is 0 Å². The van der Waals surface area contributed by atoms with Gasteiger partial charge in [-0.2, -0.15) is 0 Å². The summed E-state index contributed by atoms with van der Waals surface area (Å²) in [6.45, 7) is 1.06. The molecule has 0 bridgehead atoms. The molecular formula is C14H18N4. The third-order valence-corrected chi connectivity index (χ3v) is 3.50. The summed E-state index contributed by atoms with van der Waals surface area (Å²) in [6.07, 6.45) is 5.63. The Labute approximate surface area is 107 Å². The van der Waals surface area contributed by atoms with Crippen molar-refractivity contribution in [2.24, 2.45) is 0 Å². The van der Waals surface area contributed by atoms with Gasteiger partial charge in [0.2, 0.25) is 0 Å². The number of nitrogens with zero attached hydrogens (tertiary/aromatic N) is 3. The highest BCUT2D eigenvalue weighted by molar-refractivity contribution is 5.41. The van der Waals surface area contributed by atoms with Gasteiger partial charge in [0.05, 0.1) is 0 Å². The van der Waals surface area contributed by atoms with Crippen LogP contribution in [0.2, 0.25) is 0 Å². The van der Waals surface area contributed by atoms with Crippen molar-refractivity contribution in [3.8, 4) is 0 Å². The fourth-order valence-electron chi connectivity index (χ4n) is 2.56. The quantitative estimate of drug-likeness (QED) is 0.821. The molecular weight excluding hydrogens is 224 g/mol. The number of fused-ring (bicyclic) bond motifs is 1. The Morgan fingerprint density at radius 1 is 1.17 bits per heavy atom. The maximum atomic E-state index is 5.81. The smallest absolute Gasteiger partial charge is 0.137 e. The highest BCUT2D eigenvalue weighted by atomic mass is 15.3. The Morgan fingerprint density at radius 2 is 2.11 bits per heavy atom. The lowest BCUT2D eigenvalue weighted by atomic mass is 10.1. The summed E-state index contributed by atoms with van der Waals surface area (Å²) in [7, 11) is 0. The maximum absolute atomic E-state index is 5.81. The number of hydrogen-bond donors (Lipinski definition) is 1. The van der Waals surface area contributed by atoms with Crippen LogP contribution in [0.1, 0.15) is 36.5 Å². The number of aryl methyl sites for hydroxylation is 1. The molecule has 18 heavy (non-hydrogen) atoms. The van der Waals surface area contributed by atoms with Gasteiger partial charge >= 0.3 is 0 Å². The first-order valence-electron chi connectivity index (χ1n) is 6.58. The number of nitrogens with two attached hydrogens (primary N) is 1. The van der Waals surface area contributed by atoms with Crippen LogP contribution >= 0.6 is 0 Å². The molecule has 4 heteroatoms. The summed E-state index contributed by atoms with van der Waals surface area (Å²) < 4.78 is 2.29. The molecule has 94 valence electrons. The van der Waals surface area contributed by atoms with Gasteiger partial charge in [-0.25, -0.2) is 0 Å². The fourth-order valence-corrected chi connectivity index (χ4v) is 2.56. The lowest BCUT2D eigenvalue weighted by Gasteiger charge is -2.07. The van der Waals surface area contributed by atoms with Gasteiger partial charge in [-0.05, 0) is 30.5 Å². The van der Waals surface area contributed by atoms with E-state index in [9.17, 15) is 0 Å².